The van der Waals surface area contributed by atoms with Crippen molar-refractivity contribution in [3.63, 3.8) is 0 Å². The summed E-state index contributed by atoms with van der Waals surface area (Å²) in [4.78, 5) is 12.2. The summed E-state index contributed by atoms with van der Waals surface area (Å²) < 4.78 is 5.08. The molecule has 22 heavy (non-hydrogen) atoms. The molecule has 0 spiro atoms. The third kappa shape index (κ3) is 3.45. The second kappa shape index (κ2) is 6.60. The van der Waals surface area contributed by atoms with Crippen LogP contribution in [0.1, 0.15) is 47.9 Å². The third-order valence-corrected chi connectivity index (χ3v) is 3.67. The molecule has 4 nitrogen and oxygen atoms in total. The minimum atomic E-state index is -0.156. The molecule has 0 radical (unpaired) electrons. The Labute approximate surface area is 131 Å². The Bertz CT molecular complexity index is 692. The zero-order valence-electron chi connectivity index (χ0n) is 13.7. The van der Waals surface area contributed by atoms with Gasteiger partial charge in [0.05, 0.1) is 5.69 Å². The first-order chi connectivity index (χ1) is 10.4. The molecule has 0 aliphatic carbocycles. The van der Waals surface area contributed by atoms with Crippen LogP contribution >= 0.6 is 0 Å². The van der Waals surface area contributed by atoms with Crippen LogP contribution in [0.3, 0.4) is 0 Å². The fourth-order valence-corrected chi connectivity index (χ4v) is 2.39. The highest BCUT2D eigenvalue weighted by Gasteiger charge is 2.11. The van der Waals surface area contributed by atoms with Crippen molar-refractivity contribution in [1.82, 2.24) is 5.16 Å². The van der Waals surface area contributed by atoms with Crippen molar-refractivity contribution < 1.29 is 9.32 Å². The van der Waals surface area contributed by atoms with Crippen LogP contribution < -0.4 is 5.32 Å². The first-order valence-electron chi connectivity index (χ1n) is 7.41. The topological polar surface area (TPSA) is 55.1 Å². The van der Waals surface area contributed by atoms with Crippen molar-refractivity contribution in [2.75, 3.05) is 5.32 Å². The Morgan fingerprint density at radius 3 is 2.59 bits per heavy atom. The number of benzene rings is 1. The van der Waals surface area contributed by atoms with Crippen molar-refractivity contribution >= 4 is 17.7 Å². The number of hydrogen-bond acceptors (Lipinski definition) is 3. The Morgan fingerprint density at radius 2 is 2.00 bits per heavy atom. The van der Waals surface area contributed by atoms with Gasteiger partial charge in [-0.2, -0.15) is 0 Å². The predicted octanol–water partition coefficient (Wildman–Crippen LogP) is 4.38. The van der Waals surface area contributed by atoms with E-state index in [9.17, 15) is 4.79 Å². The third-order valence-electron chi connectivity index (χ3n) is 3.67. The van der Waals surface area contributed by atoms with Gasteiger partial charge in [0.1, 0.15) is 5.76 Å². The number of carbonyl (C=O) groups is 1. The van der Waals surface area contributed by atoms with Gasteiger partial charge in [-0.05, 0) is 43.9 Å². The molecule has 0 saturated heterocycles. The summed E-state index contributed by atoms with van der Waals surface area (Å²) in [5.41, 5.74) is 4.72. The van der Waals surface area contributed by atoms with E-state index in [2.05, 4.69) is 24.3 Å². The SMILES string of the molecule is Cc1cccc(C(C)C)c1NC(=O)/C=C/c1c(C)noc1C. The smallest absolute Gasteiger partial charge is 0.248 e. The van der Waals surface area contributed by atoms with Crippen LogP contribution in [0.4, 0.5) is 5.69 Å². The van der Waals surface area contributed by atoms with E-state index in [0.717, 1.165) is 28.1 Å². The molecule has 0 saturated carbocycles. The molecule has 0 atom stereocenters. The van der Waals surface area contributed by atoms with E-state index in [0.29, 0.717) is 11.7 Å². The summed E-state index contributed by atoms with van der Waals surface area (Å²) in [5.74, 6) is 0.901. The lowest BCUT2D eigenvalue weighted by Crippen LogP contribution is -2.11. The van der Waals surface area contributed by atoms with E-state index >= 15 is 0 Å². The van der Waals surface area contributed by atoms with E-state index in [1.807, 2.05) is 39.0 Å². The maximum absolute atomic E-state index is 12.2. The summed E-state index contributed by atoms with van der Waals surface area (Å²) in [5, 5.41) is 6.86. The lowest BCUT2D eigenvalue weighted by atomic mass is 9.98. The lowest BCUT2D eigenvalue weighted by Gasteiger charge is -2.15. The van der Waals surface area contributed by atoms with Crippen LogP contribution in [0.2, 0.25) is 0 Å². The predicted molar refractivity (Wildman–Crippen MR) is 88.9 cm³/mol. The molecule has 2 aromatic rings. The molecule has 0 aliphatic heterocycles. The van der Waals surface area contributed by atoms with Gasteiger partial charge < -0.3 is 9.84 Å². The summed E-state index contributed by atoms with van der Waals surface area (Å²) in [7, 11) is 0. The number of hydrogen-bond donors (Lipinski definition) is 1. The summed E-state index contributed by atoms with van der Waals surface area (Å²) in [6.07, 6.45) is 3.26. The number of anilines is 1. The van der Waals surface area contributed by atoms with Crippen LogP contribution in [-0.2, 0) is 4.79 Å². The summed E-state index contributed by atoms with van der Waals surface area (Å²) in [6, 6.07) is 6.06. The van der Waals surface area contributed by atoms with Crippen LogP contribution in [0.5, 0.6) is 0 Å². The molecule has 4 heteroatoms. The Morgan fingerprint density at radius 1 is 1.27 bits per heavy atom. The fourth-order valence-electron chi connectivity index (χ4n) is 2.39. The largest absolute Gasteiger partial charge is 0.361 e. The van der Waals surface area contributed by atoms with E-state index in [4.69, 9.17) is 4.52 Å². The first-order valence-corrected chi connectivity index (χ1v) is 7.41. The average Bonchev–Trinajstić information content (AvgIpc) is 2.77. The van der Waals surface area contributed by atoms with Gasteiger partial charge in [-0.25, -0.2) is 0 Å². The molecule has 0 unspecified atom stereocenters. The van der Waals surface area contributed by atoms with Gasteiger partial charge in [-0.1, -0.05) is 37.2 Å². The molecule has 0 aliphatic rings. The number of para-hydroxylation sites is 1. The lowest BCUT2D eigenvalue weighted by molar-refractivity contribution is -0.111. The Balaban J connectivity index is 2.20. The normalized spacial score (nSPS) is 11.4. The molecule has 116 valence electrons. The van der Waals surface area contributed by atoms with Gasteiger partial charge in [0, 0.05) is 17.3 Å². The molecule has 1 aromatic heterocycles. The van der Waals surface area contributed by atoms with Gasteiger partial charge in [0.15, 0.2) is 0 Å². The number of nitrogens with zero attached hydrogens (tertiary/aromatic N) is 1. The number of rotatable bonds is 4. The van der Waals surface area contributed by atoms with Crippen LogP contribution in [-0.4, -0.2) is 11.1 Å². The Hall–Kier alpha value is -2.36. The quantitative estimate of drug-likeness (QED) is 0.852. The highest BCUT2D eigenvalue weighted by molar-refractivity contribution is 6.03. The number of nitrogens with one attached hydrogen (secondary N) is 1. The monoisotopic (exact) mass is 298 g/mol. The maximum Gasteiger partial charge on any atom is 0.248 e. The molecule has 1 amide bonds. The first kappa shape index (κ1) is 16.0. The molecule has 0 fully saturated rings. The molecule has 1 aromatic carbocycles. The zero-order valence-corrected chi connectivity index (χ0v) is 13.7. The van der Waals surface area contributed by atoms with Crippen molar-refractivity contribution in [3.05, 3.63) is 52.4 Å². The van der Waals surface area contributed by atoms with Crippen LogP contribution in [0, 0.1) is 20.8 Å². The van der Waals surface area contributed by atoms with Gasteiger partial charge >= 0.3 is 0 Å². The van der Waals surface area contributed by atoms with Crippen molar-refractivity contribution in [2.45, 2.75) is 40.5 Å². The highest BCUT2D eigenvalue weighted by atomic mass is 16.5. The van der Waals surface area contributed by atoms with Crippen molar-refractivity contribution in [3.8, 4) is 0 Å². The average molecular weight is 298 g/mol. The van der Waals surface area contributed by atoms with Crippen LogP contribution in [0.15, 0.2) is 28.8 Å². The molecule has 1 heterocycles. The van der Waals surface area contributed by atoms with E-state index in [1.54, 1.807) is 6.08 Å². The molecule has 2 rings (SSSR count). The van der Waals surface area contributed by atoms with Crippen molar-refractivity contribution in [2.24, 2.45) is 0 Å². The second-order valence-electron chi connectivity index (χ2n) is 5.75. The van der Waals surface area contributed by atoms with Gasteiger partial charge in [0.2, 0.25) is 5.91 Å². The van der Waals surface area contributed by atoms with Gasteiger partial charge in [-0.15, -0.1) is 0 Å². The summed E-state index contributed by atoms with van der Waals surface area (Å²) in [6.45, 7) is 9.91. The Kier molecular flexibility index (Phi) is 4.81. The number of aromatic nitrogens is 1. The standard InChI is InChI=1S/C18H22N2O2/c1-11(2)15-8-6-7-12(3)18(15)19-17(21)10-9-16-13(4)20-22-14(16)5/h6-11H,1-5H3,(H,19,21)/b10-9+. The van der Waals surface area contributed by atoms with E-state index in [-0.39, 0.29) is 5.91 Å². The second-order valence-corrected chi connectivity index (χ2v) is 5.75. The minimum Gasteiger partial charge on any atom is -0.361 e. The molecular weight excluding hydrogens is 276 g/mol. The number of amides is 1. The minimum absolute atomic E-state index is 0.156. The van der Waals surface area contributed by atoms with Crippen LogP contribution in [0.25, 0.3) is 6.08 Å². The fraction of sp³-hybridized carbons (Fsp3) is 0.333. The molecular formula is C18H22N2O2. The van der Waals surface area contributed by atoms with Crippen molar-refractivity contribution in [1.29, 1.82) is 0 Å². The maximum atomic E-state index is 12.2. The highest BCUT2D eigenvalue weighted by Crippen LogP contribution is 2.27. The van der Waals surface area contributed by atoms with Gasteiger partial charge in [-0.3, -0.25) is 4.79 Å². The van der Waals surface area contributed by atoms with E-state index < -0.39 is 0 Å². The zero-order chi connectivity index (χ0) is 16.3. The molecule has 0 bridgehead atoms. The molecule has 1 N–H and O–H groups in total. The van der Waals surface area contributed by atoms with E-state index in [1.165, 1.54) is 6.08 Å². The number of aryl methyl sites for hydroxylation is 3. The van der Waals surface area contributed by atoms with Gasteiger partial charge in [0.25, 0.3) is 0 Å². The summed E-state index contributed by atoms with van der Waals surface area (Å²) >= 11 is 0. The number of carbonyl (C=O) groups excluding carboxylic acids is 1.